The van der Waals surface area contributed by atoms with E-state index in [1.54, 1.807) is 0 Å². The number of fused-ring (bicyclic) bond motifs is 1. The molecule has 10 heteroatoms. The molecule has 1 saturated heterocycles. The first-order valence-corrected chi connectivity index (χ1v) is 12.7. The van der Waals surface area contributed by atoms with Crippen LogP contribution in [0.15, 0.2) is 23.2 Å². The SMILES string of the molecule is CC1(C)CNCC[C@H]1c1cnc(-c2c(-c3nn(C(C)(C)C)c4ncnc(N)c34)noc2C2CC2)nc1. The average molecular weight is 488 g/mol. The number of hydrogen-bond donors (Lipinski definition) is 2. The molecule has 6 rings (SSSR count). The average Bonchev–Trinajstić information content (AvgIpc) is 3.44. The maximum Gasteiger partial charge on any atom is 0.165 e. The lowest BCUT2D eigenvalue weighted by molar-refractivity contribution is 0.218. The Hall–Kier alpha value is -3.40. The van der Waals surface area contributed by atoms with Gasteiger partial charge in [-0.25, -0.2) is 24.6 Å². The van der Waals surface area contributed by atoms with E-state index in [0.717, 1.165) is 49.2 Å². The highest BCUT2D eigenvalue weighted by atomic mass is 16.5. The van der Waals surface area contributed by atoms with E-state index in [1.807, 2.05) is 17.1 Å². The number of nitrogens with one attached hydrogen (secondary N) is 1. The van der Waals surface area contributed by atoms with E-state index in [2.05, 4.69) is 55.1 Å². The van der Waals surface area contributed by atoms with Crippen LogP contribution in [-0.4, -0.2) is 48.0 Å². The minimum Gasteiger partial charge on any atom is -0.383 e. The van der Waals surface area contributed by atoms with Gasteiger partial charge >= 0.3 is 0 Å². The van der Waals surface area contributed by atoms with Crippen molar-refractivity contribution in [1.82, 2.24) is 40.2 Å². The number of hydrogen-bond acceptors (Lipinski definition) is 9. The Labute approximate surface area is 210 Å². The summed E-state index contributed by atoms with van der Waals surface area (Å²) in [6, 6.07) is 0. The maximum absolute atomic E-state index is 6.35. The van der Waals surface area contributed by atoms with E-state index < -0.39 is 0 Å². The fraction of sp³-hybridized carbons (Fsp3) is 0.538. The Balaban J connectivity index is 1.50. The van der Waals surface area contributed by atoms with E-state index >= 15 is 0 Å². The van der Waals surface area contributed by atoms with Gasteiger partial charge < -0.3 is 15.6 Å². The zero-order valence-corrected chi connectivity index (χ0v) is 21.5. The van der Waals surface area contributed by atoms with E-state index in [0.29, 0.717) is 45.9 Å². The van der Waals surface area contributed by atoms with Crippen LogP contribution in [-0.2, 0) is 5.54 Å². The van der Waals surface area contributed by atoms with Crippen molar-refractivity contribution in [2.45, 2.75) is 71.3 Å². The summed E-state index contributed by atoms with van der Waals surface area (Å²) < 4.78 is 7.79. The van der Waals surface area contributed by atoms with Crippen molar-refractivity contribution in [2.75, 3.05) is 18.8 Å². The second-order valence-corrected chi connectivity index (χ2v) is 11.8. The van der Waals surface area contributed by atoms with Gasteiger partial charge in [-0.15, -0.1) is 0 Å². The third-order valence-corrected chi connectivity index (χ3v) is 7.45. The van der Waals surface area contributed by atoms with Crippen LogP contribution < -0.4 is 11.1 Å². The van der Waals surface area contributed by atoms with Crippen LogP contribution in [0.5, 0.6) is 0 Å². The number of aromatic nitrogens is 7. The van der Waals surface area contributed by atoms with Gasteiger partial charge in [-0.05, 0) is 63.5 Å². The van der Waals surface area contributed by atoms with Crippen LogP contribution in [0.3, 0.4) is 0 Å². The number of rotatable bonds is 4. The van der Waals surface area contributed by atoms with Crippen LogP contribution in [0.1, 0.15) is 77.0 Å². The Morgan fingerprint density at radius 2 is 1.81 bits per heavy atom. The monoisotopic (exact) mass is 487 g/mol. The van der Waals surface area contributed by atoms with E-state index in [4.69, 9.17) is 25.3 Å². The number of nitrogens with two attached hydrogens (primary N) is 1. The van der Waals surface area contributed by atoms with Crippen LogP contribution >= 0.6 is 0 Å². The van der Waals surface area contributed by atoms with Crippen LogP contribution in [0, 0.1) is 5.41 Å². The molecule has 188 valence electrons. The van der Waals surface area contributed by atoms with Crippen molar-refractivity contribution in [3.8, 4) is 22.8 Å². The Kier molecular flexibility index (Phi) is 5.15. The quantitative estimate of drug-likeness (QED) is 0.433. The predicted octanol–water partition coefficient (Wildman–Crippen LogP) is 4.26. The van der Waals surface area contributed by atoms with Gasteiger partial charge in [-0.1, -0.05) is 19.0 Å². The number of nitrogens with zero attached hydrogens (tertiary/aromatic N) is 7. The smallest absolute Gasteiger partial charge is 0.165 e. The normalized spacial score (nSPS) is 20.2. The topological polar surface area (TPSA) is 133 Å². The first kappa shape index (κ1) is 23.0. The minimum absolute atomic E-state index is 0.140. The molecule has 1 aliphatic heterocycles. The molecule has 0 unspecified atom stereocenters. The molecule has 0 amide bonds. The zero-order valence-electron chi connectivity index (χ0n) is 21.5. The Morgan fingerprint density at radius 3 is 2.47 bits per heavy atom. The summed E-state index contributed by atoms with van der Waals surface area (Å²) in [5.41, 5.74) is 9.96. The van der Waals surface area contributed by atoms with E-state index in [-0.39, 0.29) is 11.0 Å². The summed E-state index contributed by atoms with van der Waals surface area (Å²) in [4.78, 5) is 18.4. The third-order valence-electron chi connectivity index (χ3n) is 7.45. The molecule has 0 aromatic carbocycles. The fourth-order valence-corrected chi connectivity index (χ4v) is 5.35. The molecule has 0 bridgehead atoms. The third kappa shape index (κ3) is 3.75. The zero-order chi connectivity index (χ0) is 25.2. The summed E-state index contributed by atoms with van der Waals surface area (Å²) in [7, 11) is 0. The molecule has 4 aromatic heterocycles. The van der Waals surface area contributed by atoms with Crippen LogP contribution in [0.4, 0.5) is 5.82 Å². The largest absolute Gasteiger partial charge is 0.383 e. The van der Waals surface area contributed by atoms with Gasteiger partial charge in [0, 0.05) is 24.9 Å². The maximum atomic E-state index is 6.35. The molecular formula is C26H33N9O. The number of nitrogen functional groups attached to an aromatic ring is 1. The molecule has 1 aliphatic carbocycles. The number of piperidine rings is 1. The molecule has 10 nitrogen and oxygen atoms in total. The highest BCUT2D eigenvalue weighted by molar-refractivity contribution is 6.00. The molecule has 1 atom stereocenters. The van der Waals surface area contributed by atoms with E-state index in [1.165, 1.54) is 6.33 Å². The Morgan fingerprint density at radius 1 is 1.06 bits per heavy atom. The summed E-state index contributed by atoms with van der Waals surface area (Å²) in [5.74, 6) is 2.49. The first-order valence-electron chi connectivity index (χ1n) is 12.7. The van der Waals surface area contributed by atoms with Gasteiger partial charge in [-0.2, -0.15) is 5.10 Å². The lowest BCUT2D eigenvalue weighted by atomic mass is 9.72. The van der Waals surface area contributed by atoms with Crippen molar-refractivity contribution < 1.29 is 4.52 Å². The van der Waals surface area contributed by atoms with Crippen molar-refractivity contribution in [3.05, 3.63) is 30.0 Å². The van der Waals surface area contributed by atoms with Gasteiger partial charge in [0.1, 0.15) is 23.5 Å². The summed E-state index contributed by atoms with van der Waals surface area (Å²) in [6.45, 7) is 12.8. The predicted molar refractivity (Wildman–Crippen MR) is 137 cm³/mol. The second kappa shape index (κ2) is 8.06. The van der Waals surface area contributed by atoms with Crippen LogP contribution in [0.2, 0.25) is 0 Å². The molecular weight excluding hydrogens is 454 g/mol. The number of anilines is 1. The van der Waals surface area contributed by atoms with Crippen LogP contribution in [0.25, 0.3) is 33.8 Å². The summed E-state index contributed by atoms with van der Waals surface area (Å²) in [6.07, 6.45) is 8.59. The molecule has 4 aromatic rings. The van der Waals surface area contributed by atoms with Crippen molar-refractivity contribution in [2.24, 2.45) is 5.41 Å². The first-order chi connectivity index (χ1) is 17.1. The van der Waals surface area contributed by atoms with Gasteiger partial charge in [0.2, 0.25) is 0 Å². The molecule has 3 N–H and O–H groups in total. The summed E-state index contributed by atoms with van der Waals surface area (Å²) >= 11 is 0. The molecule has 5 heterocycles. The second-order valence-electron chi connectivity index (χ2n) is 11.8. The van der Waals surface area contributed by atoms with E-state index in [9.17, 15) is 0 Å². The van der Waals surface area contributed by atoms with Crippen molar-refractivity contribution in [1.29, 1.82) is 0 Å². The van der Waals surface area contributed by atoms with Gasteiger partial charge in [-0.3, -0.25) is 0 Å². The van der Waals surface area contributed by atoms with Crippen molar-refractivity contribution in [3.63, 3.8) is 0 Å². The Bertz CT molecular complexity index is 1420. The molecule has 0 spiro atoms. The highest BCUT2D eigenvalue weighted by Crippen LogP contribution is 2.48. The van der Waals surface area contributed by atoms with Crippen molar-refractivity contribution >= 4 is 16.9 Å². The molecule has 2 aliphatic rings. The van der Waals surface area contributed by atoms with Gasteiger partial charge in [0.25, 0.3) is 0 Å². The highest BCUT2D eigenvalue weighted by Gasteiger charge is 2.37. The lowest BCUT2D eigenvalue weighted by Crippen LogP contribution is -2.41. The molecule has 36 heavy (non-hydrogen) atoms. The van der Waals surface area contributed by atoms with Gasteiger partial charge in [0.05, 0.1) is 16.5 Å². The standard InChI is InChI=1S/C26H33N9O/c1-25(2,3)35-24-18(22(27)31-13-32-24)19(33-35)20-17(21(36-34-20)14-6-7-14)23-29-10-15(11-30-23)16-8-9-28-12-26(16,4)5/h10-11,13-14,16,28H,6-9,12H2,1-5H3,(H2,27,31,32)/t16-/m0/s1. The molecule has 0 radical (unpaired) electrons. The lowest BCUT2D eigenvalue weighted by Gasteiger charge is -2.39. The molecule has 2 fully saturated rings. The summed E-state index contributed by atoms with van der Waals surface area (Å²) in [5, 5.41) is 13.6. The molecule has 1 saturated carbocycles. The van der Waals surface area contributed by atoms with Gasteiger partial charge in [0.15, 0.2) is 17.2 Å². The minimum atomic E-state index is -0.319. The fourth-order valence-electron chi connectivity index (χ4n) is 5.35.